The molecule has 1 saturated heterocycles. The Balaban J connectivity index is 1.29. The molecule has 0 spiro atoms. The average molecular weight is 413 g/mol. The first kappa shape index (κ1) is 18.3. The summed E-state index contributed by atoms with van der Waals surface area (Å²) in [6.45, 7) is 6.83. The SMILES string of the molecule is Cc1nc(-c2cn[nH]c2C(=O)NC2CCn3nc(N4CCCC4)nc3C2)sc1C. The summed E-state index contributed by atoms with van der Waals surface area (Å²) in [5.74, 6) is 1.62. The van der Waals surface area contributed by atoms with Gasteiger partial charge in [-0.2, -0.15) is 10.1 Å². The van der Waals surface area contributed by atoms with Crippen molar-refractivity contribution < 1.29 is 4.79 Å². The number of carbonyl (C=O) groups excluding carboxylic acids is 1. The lowest BCUT2D eigenvalue weighted by atomic mass is 10.1. The largest absolute Gasteiger partial charge is 0.347 e. The second-order valence-electron chi connectivity index (χ2n) is 7.73. The highest BCUT2D eigenvalue weighted by Gasteiger charge is 2.27. The molecule has 1 fully saturated rings. The highest BCUT2D eigenvalue weighted by atomic mass is 32.1. The van der Waals surface area contributed by atoms with Crippen molar-refractivity contribution in [1.29, 1.82) is 0 Å². The third-order valence-electron chi connectivity index (χ3n) is 5.70. The topological polar surface area (TPSA) is 105 Å². The van der Waals surface area contributed by atoms with Crippen LogP contribution in [-0.4, -0.2) is 55.0 Å². The predicted octanol–water partition coefficient (Wildman–Crippen LogP) is 2.09. The molecule has 2 N–H and O–H groups in total. The van der Waals surface area contributed by atoms with Crippen LogP contribution in [0.2, 0.25) is 0 Å². The van der Waals surface area contributed by atoms with Crippen molar-refractivity contribution in [1.82, 2.24) is 35.3 Å². The lowest BCUT2D eigenvalue weighted by Gasteiger charge is -2.22. The molecule has 9 nitrogen and oxygen atoms in total. The van der Waals surface area contributed by atoms with Crippen LogP contribution in [0.15, 0.2) is 6.20 Å². The maximum Gasteiger partial charge on any atom is 0.270 e. The number of hydrogen-bond acceptors (Lipinski definition) is 7. The summed E-state index contributed by atoms with van der Waals surface area (Å²) in [7, 11) is 0. The number of aryl methyl sites for hydroxylation is 3. The quantitative estimate of drug-likeness (QED) is 0.680. The van der Waals surface area contributed by atoms with Gasteiger partial charge >= 0.3 is 0 Å². The summed E-state index contributed by atoms with van der Waals surface area (Å²) in [5, 5.41) is 15.5. The van der Waals surface area contributed by atoms with Gasteiger partial charge in [0.2, 0.25) is 5.95 Å². The Labute approximate surface area is 172 Å². The molecule has 3 aromatic heterocycles. The summed E-state index contributed by atoms with van der Waals surface area (Å²) in [6, 6.07) is 0.0292. The number of hydrogen-bond donors (Lipinski definition) is 2. The molecule has 0 aliphatic carbocycles. The second kappa shape index (κ2) is 7.25. The number of rotatable bonds is 4. The van der Waals surface area contributed by atoms with Gasteiger partial charge in [0.05, 0.1) is 17.5 Å². The third kappa shape index (κ3) is 3.41. The van der Waals surface area contributed by atoms with Gasteiger partial charge < -0.3 is 10.2 Å². The molecule has 1 amide bonds. The minimum absolute atomic E-state index is 0.0292. The molecule has 152 valence electrons. The van der Waals surface area contributed by atoms with Crippen LogP contribution in [0.4, 0.5) is 5.95 Å². The molecule has 29 heavy (non-hydrogen) atoms. The lowest BCUT2D eigenvalue weighted by Crippen LogP contribution is -2.40. The molecular formula is C19H24N8OS. The van der Waals surface area contributed by atoms with E-state index in [9.17, 15) is 4.79 Å². The molecule has 10 heteroatoms. The van der Waals surface area contributed by atoms with Crippen LogP contribution in [0.1, 0.15) is 46.1 Å². The van der Waals surface area contributed by atoms with Crippen molar-refractivity contribution in [3.05, 3.63) is 28.3 Å². The number of aromatic amines is 1. The second-order valence-corrected chi connectivity index (χ2v) is 8.93. The van der Waals surface area contributed by atoms with E-state index in [-0.39, 0.29) is 11.9 Å². The Morgan fingerprint density at radius 3 is 2.83 bits per heavy atom. The van der Waals surface area contributed by atoms with E-state index < -0.39 is 0 Å². The zero-order chi connectivity index (χ0) is 20.0. The normalized spacial score (nSPS) is 18.8. The van der Waals surface area contributed by atoms with E-state index in [1.807, 2.05) is 18.5 Å². The van der Waals surface area contributed by atoms with Crippen molar-refractivity contribution in [3.63, 3.8) is 0 Å². The van der Waals surface area contributed by atoms with Crippen molar-refractivity contribution in [2.45, 2.75) is 52.1 Å². The van der Waals surface area contributed by atoms with E-state index in [1.54, 1.807) is 17.5 Å². The maximum atomic E-state index is 12.9. The summed E-state index contributed by atoms with van der Waals surface area (Å²) < 4.78 is 1.99. The zero-order valence-corrected chi connectivity index (χ0v) is 17.4. The van der Waals surface area contributed by atoms with Crippen LogP contribution >= 0.6 is 11.3 Å². The molecule has 0 radical (unpaired) electrons. The number of H-pyrrole nitrogens is 1. The van der Waals surface area contributed by atoms with Gasteiger partial charge in [-0.1, -0.05) is 0 Å². The number of anilines is 1. The molecule has 2 aliphatic heterocycles. The van der Waals surface area contributed by atoms with Gasteiger partial charge in [0.25, 0.3) is 5.91 Å². The first-order valence-electron chi connectivity index (χ1n) is 10.1. The van der Waals surface area contributed by atoms with Gasteiger partial charge in [-0.15, -0.1) is 16.4 Å². The molecule has 1 unspecified atom stereocenters. The van der Waals surface area contributed by atoms with Crippen LogP contribution in [0, 0.1) is 13.8 Å². The number of aromatic nitrogens is 6. The Hall–Kier alpha value is -2.75. The van der Waals surface area contributed by atoms with Gasteiger partial charge in [-0.3, -0.25) is 9.89 Å². The van der Waals surface area contributed by atoms with E-state index >= 15 is 0 Å². The van der Waals surface area contributed by atoms with E-state index in [4.69, 9.17) is 4.98 Å². The van der Waals surface area contributed by atoms with Crippen molar-refractivity contribution >= 4 is 23.2 Å². The lowest BCUT2D eigenvalue weighted by molar-refractivity contribution is 0.0925. The number of fused-ring (bicyclic) bond motifs is 1. The van der Waals surface area contributed by atoms with Crippen LogP contribution in [-0.2, 0) is 13.0 Å². The molecule has 2 aliphatic rings. The highest BCUT2D eigenvalue weighted by Crippen LogP contribution is 2.29. The van der Waals surface area contributed by atoms with Gasteiger partial charge in [-0.25, -0.2) is 9.67 Å². The first-order valence-corrected chi connectivity index (χ1v) is 10.9. The summed E-state index contributed by atoms with van der Waals surface area (Å²) in [5.41, 5.74) is 2.19. The van der Waals surface area contributed by atoms with Gasteiger partial charge in [-0.05, 0) is 33.1 Å². The molecule has 1 atom stereocenters. The standard InChI is InChI=1S/C19H24N8OS/c1-11-12(2)29-18(21-11)14-10-20-24-16(14)17(28)22-13-5-8-27-15(9-13)23-19(25-27)26-6-3-4-7-26/h10,13H,3-9H2,1-2H3,(H,20,24)(H,22,28). The molecular weight excluding hydrogens is 388 g/mol. The molecule has 5 rings (SSSR count). The van der Waals surface area contributed by atoms with E-state index in [2.05, 4.69) is 30.5 Å². The van der Waals surface area contributed by atoms with Crippen LogP contribution in [0.3, 0.4) is 0 Å². The number of thiazole rings is 1. The molecule has 0 aromatic carbocycles. The third-order valence-corrected chi connectivity index (χ3v) is 6.81. The van der Waals surface area contributed by atoms with Gasteiger partial charge in [0.15, 0.2) is 0 Å². The number of amides is 1. The summed E-state index contributed by atoms with van der Waals surface area (Å²) in [4.78, 5) is 25.6. The Kier molecular flexibility index (Phi) is 4.57. The van der Waals surface area contributed by atoms with Crippen LogP contribution < -0.4 is 10.2 Å². The van der Waals surface area contributed by atoms with Gasteiger partial charge in [0.1, 0.15) is 16.5 Å². The molecule has 0 saturated carbocycles. The van der Waals surface area contributed by atoms with Crippen molar-refractivity contribution in [2.75, 3.05) is 18.0 Å². The fourth-order valence-electron chi connectivity index (χ4n) is 3.93. The average Bonchev–Trinajstić information content (AvgIpc) is 3.48. The molecule has 5 heterocycles. The Bertz CT molecular complexity index is 1030. The number of carbonyl (C=O) groups is 1. The Morgan fingerprint density at radius 1 is 1.24 bits per heavy atom. The highest BCUT2D eigenvalue weighted by molar-refractivity contribution is 7.15. The fourth-order valence-corrected chi connectivity index (χ4v) is 4.86. The van der Waals surface area contributed by atoms with E-state index in [0.717, 1.165) is 59.0 Å². The maximum absolute atomic E-state index is 12.9. The minimum atomic E-state index is -0.152. The smallest absolute Gasteiger partial charge is 0.270 e. The number of nitrogens with zero attached hydrogens (tertiary/aromatic N) is 6. The molecule has 3 aromatic rings. The predicted molar refractivity (Wildman–Crippen MR) is 110 cm³/mol. The van der Waals surface area contributed by atoms with E-state index in [0.29, 0.717) is 12.1 Å². The van der Waals surface area contributed by atoms with E-state index in [1.165, 1.54) is 12.8 Å². The van der Waals surface area contributed by atoms with Crippen molar-refractivity contribution in [2.24, 2.45) is 0 Å². The van der Waals surface area contributed by atoms with Crippen LogP contribution in [0.25, 0.3) is 10.6 Å². The van der Waals surface area contributed by atoms with Gasteiger partial charge in [0, 0.05) is 37.0 Å². The molecule has 0 bridgehead atoms. The monoisotopic (exact) mass is 412 g/mol. The number of nitrogens with one attached hydrogen (secondary N) is 2. The minimum Gasteiger partial charge on any atom is -0.347 e. The first-order chi connectivity index (χ1) is 14.1. The van der Waals surface area contributed by atoms with Crippen LogP contribution in [0.5, 0.6) is 0 Å². The van der Waals surface area contributed by atoms with Crippen molar-refractivity contribution in [3.8, 4) is 10.6 Å². The summed E-state index contributed by atoms with van der Waals surface area (Å²) in [6.07, 6.45) is 5.60. The fraction of sp³-hybridized carbons (Fsp3) is 0.526. The Morgan fingerprint density at radius 2 is 2.07 bits per heavy atom. The summed E-state index contributed by atoms with van der Waals surface area (Å²) >= 11 is 1.58. The zero-order valence-electron chi connectivity index (χ0n) is 16.6.